The predicted molar refractivity (Wildman–Crippen MR) is 119 cm³/mol. The zero-order chi connectivity index (χ0) is 21.5. The number of carbonyl (C=O) groups excluding carboxylic acids is 2. The fourth-order valence-electron chi connectivity index (χ4n) is 2.61. The van der Waals surface area contributed by atoms with Gasteiger partial charge in [-0.1, -0.05) is 11.6 Å². The first-order valence-corrected chi connectivity index (χ1v) is 9.50. The predicted octanol–water partition coefficient (Wildman–Crippen LogP) is 4.75. The van der Waals surface area contributed by atoms with E-state index in [1.165, 1.54) is 0 Å². The van der Waals surface area contributed by atoms with Crippen molar-refractivity contribution in [1.29, 1.82) is 0 Å². The minimum Gasteiger partial charge on any atom is -0.497 e. The maximum Gasteiger partial charge on any atom is 0.271 e. The maximum absolute atomic E-state index is 12.3. The van der Waals surface area contributed by atoms with E-state index in [9.17, 15) is 9.59 Å². The van der Waals surface area contributed by atoms with Crippen LogP contribution in [0.4, 0.5) is 5.69 Å². The summed E-state index contributed by atoms with van der Waals surface area (Å²) < 4.78 is 5.13. The molecule has 3 aromatic rings. The van der Waals surface area contributed by atoms with Crippen LogP contribution in [0.5, 0.6) is 5.75 Å². The number of hydrogen-bond acceptors (Lipinski definition) is 4. The Morgan fingerprint density at radius 3 is 1.93 bits per heavy atom. The molecule has 0 saturated heterocycles. The first-order valence-electron chi connectivity index (χ1n) is 9.12. The van der Waals surface area contributed by atoms with Gasteiger partial charge in [-0.25, -0.2) is 5.43 Å². The number of hydrazone groups is 1. The lowest BCUT2D eigenvalue weighted by Crippen LogP contribution is -2.19. The second-order valence-corrected chi connectivity index (χ2v) is 6.84. The first kappa shape index (κ1) is 21.1. The highest BCUT2D eigenvalue weighted by Gasteiger charge is 2.08. The summed E-state index contributed by atoms with van der Waals surface area (Å²) in [5, 5.41) is 7.47. The van der Waals surface area contributed by atoms with Crippen molar-refractivity contribution < 1.29 is 14.3 Å². The van der Waals surface area contributed by atoms with Crippen molar-refractivity contribution in [3.8, 4) is 5.75 Å². The Morgan fingerprint density at radius 1 is 0.800 bits per heavy atom. The maximum atomic E-state index is 12.3. The molecule has 30 heavy (non-hydrogen) atoms. The largest absolute Gasteiger partial charge is 0.497 e. The number of hydrogen-bond donors (Lipinski definition) is 2. The Balaban J connectivity index is 1.60. The monoisotopic (exact) mass is 421 g/mol. The number of nitrogens with zero attached hydrogens (tertiary/aromatic N) is 1. The van der Waals surface area contributed by atoms with Gasteiger partial charge < -0.3 is 10.1 Å². The normalized spacial score (nSPS) is 11.0. The van der Waals surface area contributed by atoms with Gasteiger partial charge in [0.2, 0.25) is 0 Å². The number of benzene rings is 3. The molecule has 3 aromatic carbocycles. The Bertz CT molecular complexity index is 1060. The molecule has 0 aromatic heterocycles. The van der Waals surface area contributed by atoms with Crippen LogP contribution in [0.1, 0.15) is 33.2 Å². The zero-order valence-electron chi connectivity index (χ0n) is 16.5. The third kappa shape index (κ3) is 5.46. The van der Waals surface area contributed by atoms with Crippen molar-refractivity contribution >= 4 is 34.8 Å². The molecule has 0 bridgehead atoms. The lowest BCUT2D eigenvalue weighted by atomic mass is 10.1. The molecule has 0 spiro atoms. The Hall–Kier alpha value is -3.64. The Labute approximate surface area is 179 Å². The van der Waals surface area contributed by atoms with E-state index >= 15 is 0 Å². The zero-order valence-corrected chi connectivity index (χ0v) is 17.2. The molecule has 7 heteroatoms. The number of carbonyl (C=O) groups is 2. The molecule has 2 amide bonds. The SMILES string of the molecule is COc1ccc(/C(C)=N/NC(=O)c2ccc(NC(=O)c3ccc(Cl)cc3)cc2)cc1. The van der Waals surface area contributed by atoms with Gasteiger partial charge in [-0.05, 0) is 85.3 Å². The van der Waals surface area contributed by atoms with Crippen LogP contribution in [0, 0.1) is 0 Å². The van der Waals surface area contributed by atoms with Crippen LogP contribution in [0.25, 0.3) is 0 Å². The summed E-state index contributed by atoms with van der Waals surface area (Å²) in [7, 11) is 1.60. The molecule has 2 N–H and O–H groups in total. The van der Waals surface area contributed by atoms with Crippen molar-refractivity contribution in [2.75, 3.05) is 12.4 Å². The van der Waals surface area contributed by atoms with Gasteiger partial charge in [-0.2, -0.15) is 5.10 Å². The fourth-order valence-corrected chi connectivity index (χ4v) is 2.73. The van der Waals surface area contributed by atoms with Crippen LogP contribution in [0.2, 0.25) is 5.02 Å². The van der Waals surface area contributed by atoms with E-state index in [2.05, 4.69) is 15.8 Å². The molecule has 152 valence electrons. The van der Waals surface area contributed by atoms with Crippen molar-refractivity contribution in [2.45, 2.75) is 6.92 Å². The molecule has 0 aliphatic heterocycles. The molecule has 0 heterocycles. The average Bonchev–Trinajstić information content (AvgIpc) is 2.78. The first-order chi connectivity index (χ1) is 14.5. The molecular weight excluding hydrogens is 402 g/mol. The minimum absolute atomic E-state index is 0.261. The smallest absolute Gasteiger partial charge is 0.271 e. The van der Waals surface area contributed by atoms with E-state index in [4.69, 9.17) is 16.3 Å². The van der Waals surface area contributed by atoms with Crippen LogP contribution >= 0.6 is 11.6 Å². The second kappa shape index (κ2) is 9.71. The van der Waals surface area contributed by atoms with E-state index in [1.807, 2.05) is 24.3 Å². The average molecular weight is 422 g/mol. The lowest BCUT2D eigenvalue weighted by Gasteiger charge is -2.07. The van der Waals surface area contributed by atoms with Gasteiger partial charge in [0.25, 0.3) is 11.8 Å². The number of methoxy groups -OCH3 is 1. The molecule has 0 aliphatic rings. The number of nitrogens with one attached hydrogen (secondary N) is 2. The molecule has 0 radical (unpaired) electrons. The van der Waals surface area contributed by atoms with Gasteiger partial charge >= 0.3 is 0 Å². The van der Waals surface area contributed by atoms with Crippen molar-refractivity contribution in [1.82, 2.24) is 5.43 Å². The standard InChI is InChI=1S/C23H20ClN3O3/c1-15(16-7-13-21(30-2)14-8-16)26-27-23(29)18-5-11-20(12-6-18)25-22(28)17-3-9-19(24)10-4-17/h3-14H,1-2H3,(H,25,28)(H,27,29)/b26-15+. The summed E-state index contributed by atoms with van der Waals surface area (Å²) in [5.74, 6) is 0.140. The molecule has 0 fully saturated rings. The number of ether oxygens (including phenoxy) is 1. The van der Waals surface area contributed by atoms with Crippen LogP contribution < -0.4 is 15.5 Å². The van der Waals surface area contributed by atoms with Gasteiger partial charge in [-0.15, -0.1) is 0 Å². The summed E-state index contributed by atoms with van der Waals surface area (Å²) >= 11 is 5.83. The van der Waals surface area contributed by atoms with Crippen LogP contribution in [0.3, 0.4) is 0 Å². The third-order valence-electron chi connectivity index (χ3n) is 4.34. The number of anilines is 1. The second-order valence-electron chi connectivity index (χ2n) is 6.41. The van der Waals surface area contributed by atoms with E-state index < -0.39 is 0 Å². The Kier molecular flexibility index (Phi) is 6.83. The lowest BCUT2D eigenvalue weighted by molar-refractivity contribution is 0.0954. The quantitative estimate of drug-likeness (QED) is 0.445. The molecular formula is C23H20ClN3O3. The van der Waals surface area contributed by atoms with Crippen molar-refractivity contribution in [2.24, 2.45) is 5.10 Å². The van der Waals surface area contributed by atoms with Crippen molar-refractivity contribution in [3.05, 3.63) is 94.5 Å². The van der Waals surface area contributed by atoms with Crippen LogP contribution in [-0.4, -0.2) is 24.6 Å². The molecule has 3 rings (SSSR count). The third-order valence-corrected chi connectivity index (χ3v) is 4.60. The van der Waals surface area contributed by atoms with E-state index in [0.717, 1.165) is 11.3 Å². The van der Waals surface area contributed by atoms with Gasteiger partial charge in [0.15, 0.2) is 0 Å². The summed E-state index contributed by atoms with van der Waals surface area (Å²) in [6.07, 6.45) is 0. The summed E-state index contributed by atoms with van der Waals surface area (Å²) in [4.78, 5) is 24.6. The van der Waals surface area contributed by atoms with E-state index in [-0.39, 0.29) is 11.8 Å². The highest BCUT2D eigenvalue weighted by Crippen LogP contribution is 2.14. The minimum atomic E-state index is -0.349. The molecule has 0 unspecified atom stereocenters. The summed E-state index contributed by atoms with van der Waals surface area (Å²) in [6, 6.07) is 20.5. The summed E-state index contributed by atoms with van der Waals surface area (Å²) in [6.45, 7) is 1.80. The van der Waals surface area contributed by atoms with Crippen LogP contribution in [-0.2, 0) is 0 Å². The van der Waals surface area contributed by atoms with Gasteiger partial charge in [0.1, 0.15) is 5.75 Å². The molecule has 0 saturated carbocycles. The summed E-state index contributed by atoms with van der Waals surface area (Å²) in [5.41, 5.74) is 5.56. The molecule has 0 aliphatic carbocycles. The topological polar surface area (TPSA) is 79.8 Å². The number of halogens is 1. The number of rotatable bonds is 6. The van der Waals surface area contributed by atoms with E-state index in [1.54, 1.807) is 62.6 Å². The highest BCUT2D eigenvalue weighted by molar-refractivity contribution is 6.30. The number of amides is 2. The molecule has 0 atom stereocenters. The molecule has 6 nitrogen and oxygen atoms in total. The van der Waals surface area contributed by atoms with E-state index in [0.29, 0.717) is 27.5 Å². The Morgan fingerprint density at radius 2 is 1.33 bits per heavy atom. The van der Waals surface area contributed by atoms with Gasteiger partial charge in [-0.3, -0.25) is 9.59 Å². The van der Waals surface area contributed by atoms with Crippen LogP contribution in [0.15, 0.2) is 77.9 Å². The van der Waals surface area contributed by atoms with Crippen molar-refractivity contribution in [3.63, 3.8) is 0 Å². The highest BCUT2D eigenvalue weighted by atomic mass is 35.5. The van der Waals surface area contributed by atoms with Gasteiger partial charge in [0.05, 0.1) is 12.8 Å². The fraction of sp³-hybridized carbons (Fsp3) is 0.0870. The van der Waals surface area contributed by atoms with Gasteiger partial charge in [0, 0.05) is 21.8 Å².